The fourth-order valence-electron chi connectivity index (χ4n) is 4.51. The Bertz CT molecular complexity index is 1310. The number of hydrogen-bond acceptors (Lipinski definition) is 5. The zero-order valence-electron chi connectivity index (χ0n) is 19.8. The quantitative estimate of drug-likeness (QED) is 0.415. The Morgan fingerprint density at radius 1 is 0.943 bits per heavy atom. The summed E-state index contributed by atoms with van der Waals surface area (Å²) in [4.78, 5) is 31.1. The highest BCUT2D eigenvalue weighted by molar-refractivity contribution is 6.00. The van der Waals surface area contributed by atoms with Crippen LogP contribution in [-0.4, -0.2) is 70.0 Å². The van der Waals surface area contributed by atoms with Gasteiger partial charge in [-0.2, -0.15) is 9.78 Å². The van der Waals surface area contributed by atoms with E-state index in [2.05, 4.69) is 22.1 Å². The Labute approximate surface area is 204 Å². The van der Waals surface area contributed by atoms with Gasteiger partial charge in [-0.25, -0.2) is 0 Å². The van der Waals surface area contributed by atoms with Gasteiger partial charge in [0.2, 0.25) is 0 Å². The zero-order valence-corrected chi connectivity index (χ0v) is 19.8. The number of piperazine rings is 1. The molecule has 0 aliphatic carbocycles. The third-order valence-electron chi connectivity index (χ3n) is 6.42. The molecule has 1 saturated heterocycles. The van der Waals surface area contributed by atoms with Crippen LogP contribution in [0.1, 0.15) is 15.9 Å². The standard InChI is InChI=1S/C27H29N5O3/c1-35-17-16-30-19-23(25-24(20-30)27(34)32(28-25)22-10-6-3-7-11-22)26(33)31-14-12-29(13-15-31)18-21-8-4-2-5-9-21/h2-11,19-20H,12-18H2,1H3. The number of aromatic nitrogens is 3. The molecule has 3 aliphatic heterocycles. The molecule has 0 bridgehead atoms. The van der Waals surface area contributed by atoms with Crippen LogP contribution in [0.2, 0.25) is 0 Å². The number of carbonyl (C=O) groups excluding carboxylic acids is 1. The van der Waals surface area contributed by atoms with E-state index in [0.717, 1.165) is 19.6 Å². The van der Waals surface area contributed by atoms with Crippen LogP contribution in [0.3, 0.4) is 0 Å². The van der Waals surface area contributed by atoms with Gasteiger partial charge in [0.05, 0.1) is 23.4 Å². The van der Waals surface area contributed by atoms with E-state index >= 15 is 0 Å². The van der Waals surface area contributed by atoms with E-state index in [-0.39, 0.29) is 11.5 Å². The number of amides is 1. The molecule has 1 fully saturated rings. The molecule has 35 heavy (non-hydrogen) atoms. The maximum absolute atomic E-state index is 13.7. The summed E-state index contributed by atoms with van der Waals surface area (Å²) in [5.41, 5.74) is 3.01. The van der Waals surface area contributed by atoms with E-state index in [0.29, 0.717) is 48.7 Å². The first-order valence-electron chi connectivity index (χ1n) is 11.9. The summed E-state index contributed by atoms with van der Waals surface area (Å²) >= 11 is 0. The van der Waals surface area contributed by atoms with Gasteiger partial charge in [0, 0.05) is 58.8 Å². The minimum absolute atomic E-state index is 0.0983. The SMILES string of the molecule is COCCn1cc(C(=O)N2CCN(Cc3ccccc3)CC2)c2nn(-c3ccccc3)c(=O)c-2c1. The molecule has 3 aliphatic rings. The fraction of sp³-hybridized carbons (Fsp3) is 0.296. The average molecular weight is 472 g/mol. The number of nitrogens with zero attached hydrogens (tertiary/aromatic N) is 5. The van der Waals surface area contributed by atoms with E-state index in [1.165, 1.54) is 10.2 Å². The predicted molar refractivity (Wildman–Crippen MR) is 134 cm³/mol. The lowest BCUT2D eigenvalue weighted by Gasteiger charge is -2.35. The summed E-state index contributed by atoms with van der Waals surface area (Å²) in [6, 6.07) is 19.7. The number of para-hydroxylation sites is 1. The largest absolute Gasteiger partial charge is 0.383 e. The second-order valence-electron chi connectivity index (χ2n) is 8.77. The van der Waals surface area contributed by atoms with Crippen LogP contribution in [0.15, 0.2) is 77.9 Å². The molecular weight excluding hydrogens is 442 g/mol. The summed E-state index contributed by atoms with van der Waals surface area (Å²) in [5.74, 6) is -0.0983. The molecule has 5 rings (SSSR count). The minimum atomic E-state index is -0.236. The molecule has 1 amide bonds. The second-order valence-corrected chi connectivity index (χ2v) is 8.77. The number of ether oxygens (including phenoxy) is 1. The lowest BCUT2D eigenvalue weighted by molar-refractivity contribution is 0.0627. The Kier molecular flexibility index (Phi) is 6.74. The van der Waals surface area contributed by atoms with E-state index < -0.39 is 0 Å². The first kappa shape index (κ1) is 23.0. The Hall–Kier alpha value is -3.75. The average Bonchev–Trinajstić information content (AvgIpc) is 3.24. The zero-order chi connectivity index (χ0) is 24.2. The van der Waals surface area contributed by atoms with E-state index in [9.17, 15) is 9.59 Å². The highest BCUT2D eigenvalue weighted by atomic mass is 16.5. The molecule has 8 heteroatoms. The number of fused-ring (bicyclic) bond motifs is 1. The molecular formula is C27H29N5O3. The van der Waals surface area contributed by atoms with Gasteiger partial charge in [-0.1, -0.05) is 48.5 Å². The third-order valence-corrected chi connectivity index (χ3v) is 6.42. The number of hydrogen-bond donors (Lipinski definition) is 0. The van der Waals surface area contributed by atoms with Crippen LogP contribution in [0.25, 0.3) is 16.9 Å². The van der Waals surface area contributed by atoms with Crippen LogP contribution in [-0.2, 0) is 17.8 Å². The molecule has 0 unspecified atom stereocenters. The lowest BCUT2D eigenvalue weighted by atomic mass is 10.1. The summed E-state index contributed by atoms with van der Waals surface area (Å²) in [6.45, 7) is 4.73. The molecule has 8 nitrogen and oxygen atoms in total. The van der Waals surface area contributed by atoms with E-state index in [1.807, 2.05) is 58.0 Å². The first-order chi connectivity index (χ1) is 17.1. The smallest absolute Gasteiger partial charge is 0.282 e. The van der Waals surface area contributed by atoms with Gasteiger partial charge in [-0.3, -0.25) is 14.5 Å². The van der Waals surface area contributed by atoms with Crippen molar-refractivity contribution in [2.24, 2.45) is 0 Å². The molecule has 0 spiro atoms. The van der Waals surface area contributed by atoms with Crippen molar-refractivity contribution >= 4 is 5.91 Å². The third kappa shape index (κ3) is 4.89. The molecule has 0 radical (unpaired) electrons. The summed E-state index contributed by atoms with van der Waals surface area (Å²) in [6.07, 6.45) is 3.56. The Morgan fingerprint density at radius 3 is 2.31 bits per heavy atom. The number of benzene rings is 2. The van der Waals surface area contributed by atoms with Crippen LogP contribution in [0, 0.1) is 0 Å². The highest BCUT2D eigenvalue weighted by Gasteiger charge is 2.29. The Balaban J connectivity index is 1.42. The van der Waals surface area contributed by atoms with Crippen molar-refractivity contribution in [2.45, 2.75) is 13.1 Å². The molecule has 2 aromatic rings. The van der Waals surface area contributed by atoms with Crippen molar-refractivity contribution < 1.29 is 9.53 Å². The van der Waals surface area contributed by atoms with Gasteiger partial charge in [-0.05, 0) is 17.7 Å². The molecule has 0 N–H and O–H groups in total. The van der Waals surface area contributed by atoms with Crippen molar-refractivity contribution in [1.29, 1.82) is 0 Å². The first-order valence-corrected chi connectivity index (χ1v) is 11.9. The fourth-order valence-corrected chi connectivity index (χ4v) is 4.51. The number of carbonyl (C=O) groups is 1. The van der Waals surface area contributed by atoms with Crippen molar-refractivity contribution in [3.05, 3.63) is 94.5 Å². The minimum Gasteiger partial charge on any atom is -0.383 e. The highest BCUT2D eigenvalue weighted by Crippen LogP contribution is 2.24. The summed E-state index contributed by atoms with van der Waals surface area (Å²) < 4.78 is 8.44. The summed E-state index contributed by atoms with van der Waals surface area (Å²) in [7, 11) is 1.63. The number of methoxy groups -OCH3 is 1. The summed E-state index contributed by atoms with van der Waals surface area (Å²) in [5, 5.41) is 4.59. The normalized spacial score (nSPS) is 14.5. The molecule has 180 valence electrons. The van der Waals surface area contributed by atoms with Crippen LogP contribution in [0.5, 0.6) is 0 Å². The topological polar surface area (TPSA) is 72.6 Å². The van der Waals surface area contributed by atoms with Crippen molar-refractivity contribution in [3.63, 3.8) is 0 Å². The van der Waals surface area contributed by atoms with E-state index in [4.69, 9.17) is 4.74 Å². The van der Waals surface area contributed by atoms with Crippen LogP contribution >= 0.6 is 0 Å². The number of rotatable bonds is 7. The molecule has 3 heterocycles. The molecule has 0 aromatic heterocycles. The molecule has 0 atom stereocenters. The second kappa shape index (κ2) is 10.2. The van der Waals surface area contributed by atoms with Gasteiger partial charge in [0.25, 0.3) is 11.5 Å². The van der Waals surface area contributed by atoms with Crippen LogP contribution < -0.4 is 5.56 Å². The van der Waals surface area contributed by atoms with Crippen molar-refractivity contribution in [1.82, 2.24) is 24.1 Å². The monoisotopic (exact) mass is 471 g/mol. The van der Waals surface area contributed by atoms with Gasteiger partial charge in [0.1, 0.15) is 5.69 Å². The lowest BCUT2D eigenvalue weighted by Crippen LogP contribution is -2.48. The van der Waals surface area contributed by atoms with Gasteiger partial charge in [0.15, 0.2) is 0 Å². The predicted octanol–water partition coefficient (Wildman–Crippen LogP) is 2.74. The van der Waals surface area contributed by atoms with E-state index in [1.54, 1.807) is 19.5 Å². The van der Waals surface area contributed by atoms with Crippen molar-refractivity contribution in [2.75, 3.05) is 39.9 Å². The molecule has 2 aromatic carbocycles. The Morgan fingerprint density at radius 2 is 1.63 bits per heavy atom. The maximum Gasteiger partial charge on any atom is 0.282 e. The number of pyridine rings is 1. The van der Waals surface area contributed by atoms with Gasteiger partial charge < -0.3 is 14.2 Å². The van der Waals surface area contributed by atoms with Crippen LogP contribution in [0.4, 0.5) is 0 Å². The van der Waals surface area contributed by atoms with Crippen molar-refractivity contribution in [3.8, 4) is 16.9 Å². The maximum atomic E-state index is 13.7. The molecule has 0 saturated carbocycles. The van der Waals surface area contributed by atoms with Gasteiger partial charge in [-0.15, -0.1) is 0 Å². The van der Waals surface area contributed by atoms with Gasteiger partial charge >= 0.3 is 0 Å².